The smallest absolute Gasteiger partial charge is 0.379 e. The standard InChI is InChI=1S/C12H13ClO5/c1-4-18-12(15)11(14)7-5-10(17-3)8(13)6-9(7)16-2/h5-6H,4H2,1-3H3. The first-order valence-corrected chi connectivity index (χ1v) is 5.55. The summed E-state index contributed by atoms with van der Waals surface area (Å²) in [5.41, 5.74) is 0.0530. The molecule has 0 aliphatic carbocycles. The summed E-state index contributed by atoms with van der Waals surface area (Å²) in [5, 5.41) is 0.287. The maximum absolute atomic E-state index is 11.8. The van der Waals surface area contributed by atoms with Crippen molar-refractivity contribution < 1.29 is 23.8 Å². The molecule has 0 atom stereocenters. The second-order valence-electron chi connectivity index (χ2n) is 3.24. The molecule has 18 heavy (non-hydrogen) atoms. The van der Waals surface area contributed by atoms with Crippen LogP contribution < -0.4 is 9.47 Å². The van der Waals surface area contributed by atoms with E-state index in [2.05, 4.69) is 4.74 Å². The van der Waals surface area contributed by atoms with Crippen molar-refractivity contribution in [2.75, 3.05) is 20.8 Å². The average Bonchev–Trinajstić information content (AvgIpc) is 2.37. The Morgan fingerprint density at radius 3 is 2.28 bits per heavy atom. The molecule has 0 radical (unpaired) electrons. The van der Waals surface area contributed by atoms with Gasteiger partial charge in [-0.2, -0.15) is 0 Å². The van der Waals surface area contributed by atoms with E-state index >= 15 is 0 Å². The Hall–Kier alpha value is -1.75. The topological polar surface area (TPSA) is 61.8 Å². The fourth-order valence-corrected chi connectivity index (χ4v) is 1.58. The van der Waals surface area contributed by atoms with Crippen molar-refractivity contribution in [2.24, 2.45) is 0 Å². The fraction of sp³-hybridized carbons (Fsp3) is 0.333. The van der Waals surface area contributed by atoms with E-state index in [-0.39, 0.29) is 28.7 Å². The molecule has 0 spiro atoms. The van der Waals surface area contributed by atoms with E-state index in [1.54, 1.807) is 6.92 Å². The number of methoxy groups -OCH3 is 2. The van der Waals surface area contributed by atoms with Crippen LogP contribution in [0.1, 0.15) is 17.3 Å². The molecule has 0 unspecified atom stereocenters. The number of halogens is 1. The number of ether oxygens (including phenoxy) is 3. The fourth-order valence-electron chi connectivity index (χ4n) is 1.34. The number of Topliss-reactive ketones (excluding diaryl/α,β-unsaturated/α-hetero) is 1. The number of hydrogen-bond acceptors (Lipinski definition) is 5. The van der Waals surface area contributed by atoms with Crippen LogP contribution in [0, 0.1) is 0 Å². The van der Waals surface area contributed by atoms with Gasteiger partial charge in [-0.25, -0.2) is 4.79 Å². The lowest BCUT2D eigenvalue weighted by Crippen LogP contribution is -2.18. The maximum Gasteiger partial charge on any atom is 0.379 e. The summed E-state index contributed by atoms with van der Waals surface area (Å²) < 4.78 is 14.6. The zero-order valence-electron chi connectivity index (χ0n) is 10.3. The summed E-state index contributed by atoms with van der Waals surface area (Å²) in [6, 6.07) is 2.76. The predicted molar refractivity (Wildman–Crippen MR) is 65.5 cm³/mol. The third-order valence-electron chi connectivity index (χ3n) is 2.18. The molecule has 0 aliphatic rings. The van der Waals surface area contributed by atoms with Gasteiger partial charge in [0.15, 0.2) is 0 Å². The number of carbonyl (C=O) groups excluding carboxylic acids is 2. The van der Waals surface area contributed by atoms with Crippen LogP contribution in [0.3, 0.4) is 0 Å². The molecule has 0 bridgehead atoms. The first-order chi connectivity index (χ1) is 8.54. The zero-order chi connectivity index (χ0) is 13.7. The van der Waals surface area contributed by atoms with Gasteiger partial charge < -0.3 is 14.2 Å². The van der Waals surface area contributed by atoms with Gasteiger partial charge in [-0.3, -0.25) is 4.79 Å². The highest BCUT2D eigenvalue weighted by Crippen LogP contribution is 2.32. The van der Waals surface area contributed by atoms with Crippen molar-refractivity contribution in [1.29, 1.82) is 0 Å². The summed E-state index contributed by atoms with van der Waals surface area (Å²) in [7, 11) is 2.78. The Bertz CT molecular complexity index is 470. The van der Waals surface area contributed by atoms with Gasteiger partial charge in [0.05, 0.1) is 31.4 Å². The molecule has 0 amide bonds. The second-order valence-corrected chi connectivity index (χ2v) is 3.64. The van der Waals surface area contributed by atoms with Crippen LogP contribution in [0.15, 0.2) is 12.1 Å². The third-order valence-corrected chi connectivity index (χ3v) is 2.47. The minimum atomic E-state index is -0.944. The molecule has 1 rings (SSSR count). The molecule has 6 heteroatoms. The van der Waals surface area contributed by atoms with Crippen molar-refractivity contribution in [3.05, 3.63) is 22.7 Å². The van der Waals surface area contributed by atoms with Crippen molar-refractivity contribution in [2.45, 2.75) is 6.92 Å². The molecule has 98 valence electrons. The van der Waals surface area contributed by atoms with Crippen LogP contribution in [0.5, 0.6) is 11.5 Å². The minimum Gasteiger partial charge on any atom is -0.496 e. The normalized spacial score (nSPS) is 9.78. The van der Waals surface area contributed by atoms with E-state index < -0.39 is 11.8 Å². The Morgan fingerprint density at radius 2 is 1.78 bits per heavy atom. The lowest BCUT2D eigenvalue weighted by atomic mass is 10.1. The Labute approximate surface area is 110 Å². The lowest BCUT2D eigenvalue weighted by Gasteiger charge is -2.10. The molecule has 0 N–H and O–H groups in total. The summed E-state index contributed by atoms with van der Waals surface area (Å²) in [5.74, 6) is -1.27. The van der Waals surface area contributed by atoms with Crippen molar-refractivity contribution >= 4 is 23.4 Å². The molecule has 0 fully saturated rings. The Balaban J connectivity index is 3.21. The van der Waals surface area contributed by atoms with Gasteiger partial charge in [-0.15, -0.1) is 0 Å². The SMILES string of the molecule is CCOC(=O)C(=O)c1cc(OC)c(Cl)cc1OC. The molecular weight excluding hydrogens is 260 g/mol. The number of benzene rings is 1. The van der Waals surface area contributed by atoms with Gasteiger partial charge >= 0.3 is 5.97 Å². The summed E-state index contributed by atoms with van der Waals surface area (Å²) in [6.45, 7) is 1.74. The zero-order valence-corrected chi connectivity index (χ0v) is 11.0. The minimum absolute atomic E-state index is 0.0530. The number of carbonyl (C=O) groups is 2. The number of hydrogen-bond donors (Lipinski definition) is 0. The molecule has 5 nitrogen and oxygen atoms in total. The molecule has 1 aromatic carbocycles. The molecule has 0 aliphatic heterocycles. The van der Waals surface area contributed by atoms with Gasteiger partial charge in [0.2, 0.25) is 0 Å². The van der Waals surface area contributed by atoms with Gasteiger partial charge in [0.25, 0.3) is 5.78 Å². The van der Waals surface area contributed by atoms with Crippen LogP contribution in [0.25, 0.3) is 0 Å². The van der Waals surface area contributed by atoms with Crippen molar-refractivity contribution in [3.8, 4) is 11.5 Å². The quantitative estimate of drug-likeness (QED) is 0.467. The van der Waals surface area contributed by atoms with Crippen LogP contribution in [-0.4, -0.2) is 32.6 Å². The lowest BCUT2D eigenvalue weighted by molar-refractivity contribution is -0.137. The van der Waals surface area contributed by atoms with Crippen molar-refractivity contribution in [3.63, 3.8) is 0 Å². The second kappa shape index (κ2) is 6.26. The molecule has 0 aromatic heterocycles. The highest BCUT2D eigenvalue weighted by atomic mass is 35.5. The Kier molecular flexibility index (Phi) is 4.97. The van der Waals surface area contributed by atoms with Crippen LogP contribution in [0.2, 0.25) is 5.02 Å². The van der Waals surface area contributed by atoms with E-state index in [1.807, 2.05) is 0 Å². The highest BCUT2D eigenvalue weighted by molar-refractivity contribution is 6.41. The maximum atomic E-state index is 11.8. The van der Waals surface area contributed by atoms with E-state index in [4.69, 9.17) is 21.1 Å². The first kappa shape index (κ1) is 14.3. The predicted octanol–water partition coefficient (Wildman–Crippen LogP) is 2.10. The van der Waals surface area contributed by atoms with E-state index in [0.29, 0.717) is 0 Å². The van der Waals surface area contributed by atoms with Crippen LogP contribution in [0.4, 0.5) is 0 Å². The van der Waals surface area contributed by atoms with Gasteiger partial charge in [0, 0.05) is 6.07 Å². The van der Waals surface area contributed by atoms with Gasteiger partial charge in [-0.05, 0) is 13.0 Å². The summed E-state index contributed by atoms with van der Waals surface area (Å²) in [6.07, 6.45) is 0. The highest BCUT2D eigenvalue weighted by Gasteiger charge is 2.23. The van der Waals surface area contributed by atoms with Crippen LogP contribution >= 0.6 is 11.6 Å². The molecule has 0 saturated carbocycles. The number of esters is 1. The van der Waals surface area contributed by atoms with E-state index in [0.717, 1.165) is 0 Å². The van der Waals surface area contributed by atoms with Crippen molar-refractivity contribution in [1.82, 2.24) is 0 Å². The largest absolute Gasteiger partial charge is 0.496 e. The molecule has 1 aromatic rings. The van der Waals surface area contributed by atoms with E-state index in [1.165, 1.54) is 26.4 Å². The van der Waals surface area contributed by atoms with E-state index in [9.17, 15) is 9.59 Å². The molecule has 0 saturated heterocycles. The summed E-state index contributed by atoms with van der Waals surface area (Å²) in [4.78, 5) is 23.2. The average molecular weight is 273 g/mol. The van der Waals surface area contributed by atoms with Crippen LogP contribution in [-0.2, 0) is 9.53 Å². The third kappa shape index (κ3) is 2.92. The molecule has 0 heterocycles. The van der Waals surface area contributed by atoms with Gasteiger partial charge in [0.1, 0.15) is 11.5 Å². The number of rotatable bonds is 5. The number of ketones is 1. The first-order valence-electron chi connectivity index (χ1n) is 5.18. The Morgan fingerprint density at radius 1 is 1.17 bits per heavy atom. The van der Waals surface area contributed by atoms with Gasteiger partial charge in [-0.1, -0.05) is 11.6 Å². The molecular formula is C12H13ClO5. The summed E-state index contributed by atoms with van der Waals surface area (Å²) >= 11 is 5.89. The monoisotopic (exact) mass is 272 g/mol.